The van der Waals surface area contributed by atoms with Crippen LogP contribution < -0.4 is 16.4 Å². The third kappa shape index (κ3) is 11.1. The lowest BCUT2D eigenvalue weighted by atomic mass is 10.1. The Labute approximate surface area is 180 Å². The summed E-state index contributed by atoms with van der Waals surface area (Å²) in [6.07, 6.45) is 9.77. The van der Waals surface area contributed by atoms with Crippen molar-refractivity contribution in [1.82, 2.24) is 15.5 Å². The summed E-state index contributed by atoms with van der Waals surface area (Å²) >= 11 is 0. The van der Waals surface area contributed by atoms with Gasteiger partial charge in [0, 0.05) is 38.2 Å². The van der Waals surface area contributed by atoms with Crippen molar-refractivity contribution in [3.05, 3.63) is 12.2 Å². The Kier molecular flexibility index (Phi) is 12.7. The largest absolute Gasteiger partial charge is 0.356 e. The smallest absolute Gasteiger partial charge is 0.253 e. The van der Waals surface area contributed by atoms with Crippen LogP contribution in [0.3, 0.4) is 0 Å². The van der Waals surface area contributed by atoms with Crippen molar-refractivity contribution in [2.45, 2.75) is 77.7 Å². The zero-order valence-corrected chi connectivity index (χ0v) is 18.5. The first-order valence-electron chi connectivity index (χ1n) is 11.1. The van der Waals surface area contributed by atoms with Gasteiger partial charge in [-0.25, -0.2) is 0 Å². The fourth-order valence-electron chi connectivity index (χ4n) is 3.18. The van der Waals surface area contributed by atoms with Crippen molar-refractivity contribution in [2.75, 3.05) is 19.6 Å². The van der Waals surface area contributed by atoms with Gasteiger partial charge in [-0.05, 0) is 38.0 Å². The Morgan fingerprint density at radius 3 is 2.20 bits per heavy atom. The number of rotatable bonds is 16. The van der Waals surface area contributed by atoms with Crippen LogP contribution in [0.15, 0.2) is 12.2 Å². The van der Waals surface area contributed by atoms with Crippen LogP contribution in [-0.2, 0) is 19.2 Å². The topological polar surface area (TPSA) is 122 Å². The molecule has 30 heavy (non-hydrogen) atoms. The van der Waals surface area contributed by atoms with Crippen LogP contribution in [-0.4, -0.2) is 54.2 Å². The van der Waals surface area contributed by atoms with Crippen molar-refractivity contribution in [3.63, 3.8) is 0 Å². The van der Waals surface area contributed by atoms with Crippen molar-refractivity contribution in [3.8, 4) is 0 Å². The Hall–Kier alpha value is -2.22. The van der Waals surface area contributed by atoms with Gasteiger partial charge in [0.2, 0.25) is 11.8 Å². The normalized spacial score (nSPS) is 14.5. The molecule has 170 valence electrons. The van der Waals surface area contributed by atoms with Gasteiger partial charge in [-0.15, -0.1) is 0 Å². The maximum absolute atomic E-state index is 12.0. The standard InChI is InChI=1S/C22H38N4O4/c1-17(2)9-4-3-6-14-24-19(27)11-8-15-25-22(30)18(23)10-5-7-16-26-20(28)12-13-21(26)29/h12-13,17-18H,3-11,14-16,23H2,1-2H3,(H,24,27)(H,25,30). The molecule has 1 unspecified atom stereocenters. The summed E-state index contributed by atoms with van der Waals surface area (Å²) < 4.78 is 0. The third-order valence-corrected chi connectivity index (χ3v) is 5.04. The zero-order valence-electron chi connectivity index (χ0n) is 18.5. The number of imide groups is 1. The maximum atomic E-state index is 12.0. The summed E-state index contributed by atoms with van der Waals surface area (Å²) in [5, 5.41) is 5.67. The van der Waals surface area contributed by atoms with Gasteiger partial charge in [-0.1, -0.05) is 33.1 Å². The van der Waals surface area contributed by atoms with Crippen LogP contribution in [0.1, 0.15) is 71.6 Å². The number of amides is 4. The molecule has 8 heteroatoms. The maximum Gasteiger partial charge on any atom is 0.253 e. The second kappa shape index (κ2) is 14.7. The molecule has 0 aromatic rings. The van der Waals surface area contributed by atoms with Crippen LogP contribution >= 0.6 is 0 Å². The quantitative estimate of drug-likeness (QED) is 0.258. The highest BCUT2D eigenvalue weighted by Gasteiger charge is 2.22. The van der Waals surface area contributed by atoms with E-state index in [2.05, 4.69) is 24.5 Å². The lowest BCUT2D eigenvalue weighted by Gasteiger charge is -2.15. The molecule has 0 saturated heterocycles. The van der Waals surface area contributed by atoms with E-state index < -0.39 is 6.04 Å². The van der Waals surface area contributed by atoms with Gasteiger partial charge in [-0.2, -0.15) is 0 Å². The molecule has 1 aliphatic heterocycles. The Balaban J connectivity index is 1.99. The minimum absolute atomic E-state index is 0.0119. The SMILES string of the molecule is CC(C)CCCCCNC(=O)CCCNC(=O)C(N)CCCCN1C(=O)C=CC1=O. The number of carbonyl (C=O) groups excluding carboxylic acids is 4. The van der Waals surface area contributed by atoms with Gasteiger partial charge in [-0.3, -0.25) is 24.1 Å². The molecule has 4 amide bonds. The van der Waals surface area contributed by atoms with E-state index in [0.717, 1.165) is 18.8 Å². The molecule has 4 N–H and O–H groups in total. The molecule has 1 heterocycles. The molecule has 1 rings (SSSR count). The molecule has 0 saturated carbocycles. The van der Waals surface area contributed by atoms with Crippen molar-refractivity contribution < 1.29 is 19.2 Å². The van der Waals surface area contributed by atoms with E-state index >= 15 is 0 Å². The van der Waals surface area contributed by atoms with E-state index in [1.807, 2.05) is 0 Å². The van der Waals surface area contributed by atoms with Crippen LogP contribution in [0.5, 0.6) is 0 Å². The second-order valence-electron chi connectivity index (χ2n) is 8.25. The molecular formula is C22H38N4O4. The summed E-state index contributed by atoms with van der Waals surface area (Å²) in [5.41, 5.74) is 5.88. The molecule has 0 aromatic carbocycles. The Morgan fingerprint density at radius 2 is 1.53 bits per heavy atom. The second-order valence-corrected chi connectivity index (χ2v) is 8.25. The predicted molar refractivity (Wildman–Crippen MR) is 116 cm³/mol. The summed E-state index contributed by atoms with van der Waals surface area (Å²) in [6, 6.07) is -0.632. The number of carbonyl (C=O) groups is 4. The Bertz CT molecular complexity index is 586. The minimum atomic E-state index is -0.632. The molecule has 0 fully saturated rings. The van der Waals surface area contributed by atoms with E-state index in [9.17, 15) is 19.2 Å². The fourth-order valence-corrected chi connectivity index (χ4v) is 3.18. The number of nitrogens with one attached hydrogen (secondary N) is 2. The van der Waals surface area contributed by atoms with Gasteiger partial charge in [0.1, 0.15) is 0 Å². The molecule has 8 nitrogen and oxygen atoms in total. The number of hydrogen-bond donors (Lipinski definition) is 3. The lowest BCUT2D eigenvalue weighted by Crippen LogP contribution is -2.41. The molecule has 0 radical (unpaired) electrons. The number of nitrogens with two attached hydrogens (primary N) is 1. The molecule has 0 aromatic heterocycles. The van der Waals surface area contributed by atoms with Crippen LogP contribution in [0, 0.1) is 5.92 Å². The van der Waals surface area contributed by atoms with Crippen molar-refractivity contribution in [1.29, 1.82) is 0 Å². The summed E-state index contributed by atoms with van der Waals surface area (Å²) in [4.78, 5) is 47.8. The van der Waals surface area contributed by atoms with E-state index in [0.29, 0.717) is 51.7 Å². The number of hydrogen-bond acceptors (Lipinski definition) is 5. The van der Waals surface area contributed by atoms with Crippen LogP contribution in [0.25, 0.3) is 0 Å². The number of unbranched alkanes of at least 4 members (excludes halogenated alkanes) is 3. The molecule has 0 aliphatic carbocycles. The van der Waals surface area contributed by atoms with Gasteiger partial charge in [0.25, 0.3) is 11.8 Å². The summed E-state index contributed by atoms with van der Waals surface area (Å²) in [7, 11) is 0. The van der Waals surface area contributed by atoms with Crippen LogP contribution in [0.2, 0.25) is 0 Å². The first-order valence-corrected chi connectivity index (χ1v) is 11.1. The molecule has 1 aliphatic rings. The molecular weight excluding hydrogens is 384 g/mol. The van der Waals surface area contributed by atoms with E-state index in [-0.39, 0.29) is 23.6 Å². The summed E-state index contributed by atoms with van der Waals surface area (Å²) in [5.74, 6) is -0.0883. The highest BCUT2D eigenvalue weighted by molar-refractivity contribution is 6.12. The lowest BCUT2D eigenvalue weighted by molar-refractivity contribution is -0.137. The highest BCUT2D eigenvalue weighted by atomic mass is 16.2. The van der Waals surface area contributed by atoms with E-state index in [1.165, 1.54) is 29.9 Å². The first-order chi connectivity index (χ1) is 14.3. The monoisotopic (exact) mass is 422 g/mol. The van der Waals surface area contributed by atoms with Crippen molar-refractivity contribution in [2.24, 2.45) is 11.7 Å². The average molecular weight is 423 g/mol. The van der Waals surface area contributed by atoms with Crippen molar-refractivity contribution >= 4 is 23.6 Å². The zero-order chi connectivity index (χ0) is 22.4. The number of nitrogens with zero attached hydrogens (tertiary/aromatic N) is 1. The summed E-state index contributed by atoms with van der Waals surface area (Å²) in [6.45, 7) is 5.89. The van der Waals surface area contributed by atoms with Gasteiger partial charge in [0.15, 0.2) is 0 Å². The Morgan fingerprint density at radius 1 is 0.900 bits per heavy atom. The van der Waals surface area contributed by atoms with Crippen LogP contribution in [0.4, 0.5) is 0 Å². The van der Waals surface area contributed by atoms with E-state index in [1.54, 1.807) is 0 Å². The molecule has 0 bridgehead atoms. The minimum Gasteiger partial charge on any atom is -0.356 e. The van der Waals surface area contributed by atoms with Gasteiger partial charge < -0.3 is 16.4 Å². The first kappa shape index (κ1) is 25.8. The van der Waals surface area contributed by atoms with Gasteiger partial charge >= 0.3 is 0 Å². The van der Waals surface area contributed by atoms with Gasteiger partial charge in [0.05, 0.1) is 6.04 Å². The average Bonchev–Trinajstić information content (AvgIpc) is 3.02. The van der Waals surface area contributed by atoms with E-state index in [4.69, 9.17) is 5.73 Å². The molecule has 0 spiro atoms. The molecule has 1 atom stereocenters. The highest BCUT2D eigenvalue weighted by Crippen LogP contribution is 2.08. The predicted octanol–water partition coefficient (Wildman–Crippen LogP) is 1.64. The third-order valence-electron chi connectivity index (χ3n) is 5.04. The fraction of sp³-hybridized carbons (Fsp3) is 0.727.